The fraction of sp³-hybridized carbons (Fsp3) is 0.381. The fourth-order valence-corrected chi connectivity index (χ4v) is 3.93. The van der Waals surface area contributed by atoms with Gasteiger partial charge in [-0.1, -0.05) is 48.5 Å². The molecule has 1 fully saturated rings. The summed E-state index contributed by atoms with van der Waals surface area (Å²) in [7, 11) is 0. The van der Waals surface area contributed by atoms with Crippen molar-refractivity contribution >= 4 is 6.16 Å². The Morgan fingerprint density at radius 1 is 1.00 bits per heavy atom. The molecule has 1 heterocycles. The lowest BCUT2D eigenvalue weighted by Crippen LogP contribution is -2.62. The molecule has 154 valence electrons. The van der Waals surface area contributed by atoms with E-state index in [0.29, 0.717) is 0 Å². The fourth-order valence-electron chi connectivity index (χ4n) is 3.93. The van der Waals surface area contributed by atoms with Crippen molar-refractivity contribution < 1.29 is 34.3 Å². The highest BCUT2D eigenvalue weighted by atomic mass is 16.8. The molecule has 0 bridgehead atoms. The minimum atomic E-state index is -1.41. The molecule has 0 amide bonds. The summed E-state index contributed by atoms with van der Waals surface area (Å²) in [5.74, 6) is -0.131. The number of hydrogen-bond donors (Lipinski definition) is 4. The zero-order chi connectivity index (χ0) is 20.5. The molecule has 1 saturated heterocycles. The lowest BCUT2D eigenvalue weighted by atomic mass is 9.98. The van der Waals surface area contributed by atoms with Gasteiger partial charge in [0.05, 0.1) is 12.6 Å². The average molecular weight is 401 g/mol. The number of aliphatic hydroxyl groups excluding tert-OH is 3. The van der Waals surface area contributed by atoms with E-state index in [-0.39, 0.29) is 12.5 Å². The van der Waals surface area contributed by atoms with Crippen LogP contribution in [0.2, 0.25) is 0 Å². The molecule has 2 aromatic carbocycles. The smallest absolute Gasteiger partial charge is 0.433 e. The van der Waals surface area contributed by atoms with Crippen LogP contribution in [-0.4, -0.2) is 65.3 Å². The third kappa shape index (κ3) is 3.61. The first-order valence-electron chi connectivity index (χ1n) is 9.41. The van der Waals surface area contributed by atoms with Gasteiger partial charge in [-0.3, -0.25) is 0 Å². The van der Waals surface area contributed by atoms with Crippen LogP contribution in [0.3, 0.4) is 0 Å². The van der Waals surface area contributed by atoms with Crippen molar-refractivity contribution in [1.82, 2.24) is 0 Å². The summed E-state index contributed by atoms with van der Waals surface area (Å²) in [6.07, 6.45) is -6.25. The molecule has 1 aliphatic heterocycles. The minimum absolute atomic E-state index is 0.0590. The maximum absolute atomic E-state index is 12.2. The Morgan fingerprint density at radius 2 is 1.59 bits per heavy atom. The number of rotatable bonds is 4. The maximum Gasteiger partial charge on any atom is 0.510 e. The summed E-state index contributed by atoms with van der Waals surface area (Å²) in [6, 6.07) is 14.7. The summed E-state index contributed by atoms with van der Waals surface area (Å²) < 4.78 is 15.7. The first kappa shape index (κ1) is 19.8. The highest BCUT2D eigenvalue weighted by molar-refractivity contribution is 5.78. The molecule has 0 saturated carbocycles. The molecule has 8 heteroatoms. The predicted molar refractivity (Wildman–Crippen MR) is 102 cm³/mol. The molecule has 5 N–H and O–H groups in total. The van der Waals surface area contributed by atoms with Crippen LogP contribution >= 0.6 is 0 Å². The Balaban J connectivity index is 1.43. The molecular formula is C21H23NO7. The van der Waals surface area contributed by atoms with Gasteiger partial charge in [-0.05, 0) is 22.3 Å². The summed E-state index contributed by atoms with van der Waals surface area (Å²) in [5.41, 5.74) is 10.1. The van der Waals surface area contributed by atoms with E-state index in [9.17, 15) is 20.1 Å². The van der Waals surface area contributed by atoms with Gasteiger partial charge in [0.2, 0.25) is 6.29 Å². The van der Waals surface area contributed by atoms with Crippen LogP contribution < -0.4 is 5.73 Å². The van der Waals surface area contributed by atoms with Gasteiger partial charge in [-0.2, -0.15) is 0 Å². The van der Waals surface area contributed by atoms with Crippen molar-refractivity contribution in [3.8, 4) is 11.1 Å². The number of fused-ring (bicyclic) bond motifs is 3. The van der Waals surface area contributed by atoms with Gasteiger partial charge in [-0.25, -0.2) is 4.79 Å². The van der Waals surface area contributed by atoms with E-state index in [4.69, 9.17) is 19.9 Å². The molecule has 8 nitrogen and oxygen atoms in total. The van der Waals surface area contributed by atoms with Crippen molar-refractivity contribution in [3.05, 3.63) is 59.7 Å². The number of nitrogens with two attached hydrogens (primary N) is 1. The highest BCUT2D eigenvalue weighted by Gasteiger charge is 2.44. The van der Waals surface area contributed by atoms with Gasteiger partial charge in [0.1, 0.15) is 24.9 Å². The number of ether oxygens (including phenoxy) is 3. The second kappa shape index (κ2) is 8.10. The normalized spacial score (nSPS) is 28.5. The van der Waals surface area contributed by atoms with E-state index in [1.54, 1.807) is 0 Å². The Bertz CT molecular complexity index is 841. The van der Waals surface area contributed by atoms with E-state index < -0.39 is 43.4 Å². The molecular weight excluding hydrogens is 378 g/mol. The van der Waals surface area contributed by atoms with E-state index >= 15 is 0 Å². The Hall–Kier alpha value is -2.49. The second-order valence-electron chi connectivity index (χ2n) is 7.19. The monoisotopic (exact) mass is 401 g/mol. The first-order chi connectivity index (χ1) is 14.0. The number of carbonyl (C=O) groups is 1. The molecule has 2 aromatic rings. The minimum Gasteiger partial charge on any atom is -0.433 e. The van der Waals surface area contributed by atoms with Crippen molar-refractivity contribution in [2.45, 2.75) is 36.6 Å². The molecule has 1 aliphatic carbocycles. The molecule has 0 radical (unpaired) electrons. The van der Waals surface area contributed by atoms with Crippen LogP contribution in [0.15, 0.2) is 48.5 Å². The molecule has 2 aliphatic rings. The Kier molecular flexibility index (Phi) is 5.53. The van der Waals surface area contributed by atoms with Gasteiger partial charge in [0.25, 0.3) is 0 Å². The van der Waals surface area contributed by atoms with E-state index in [2.05, 4.69) is 0 Å². The van der Waals surface area contributed by atoms with E-state index in [0.717, 1.165) is 22.3 Å². The van der Waals surface area contributed by atoms with Crippen LogP contribution in [0.25, 0.3) is 11.1 Å². The zero-order valence-electron chi connectivity index (χ0n) is 15.5. The SMILES string of the molecule is N[C@H]1C(OC(=O)OCC2c3ccccc3-c3ccccc32)O[C@H](CO)[C@@H](O)[C@@H]1O. The Labute approximate surface area is 167 Å². The predicted octanol–water partition coefficient (Wildman–Crippen LogP) is 0.718. The molecule has 4 rings (SSSR count). The summed E-state index contributed by atoms with van der Waals surface area (Å²) in [4.78, 5) is 12.2. The lowest BCUT2D eigenvalue weighted by molar-refractivity contribution is -0.252. The maximum atomic E-state index is 12.2. The third-order valence-corrected chi connectivity index (χ3v) is 5.47. The van der Waals surface area contributed by atoms with Crippen LogP contribution in [0.1, 0.15) is 17.0 Å². The second-order valence-corrected chi connectivity index (χ2v) is 7.19. The Morgan fingerprint density at radius 3 is 2.17 bits per heavy atom. The van der Waals surface area contributed by atoms with Gasteiger partial charge in [0.15, 0.2) is 0 Å². The molecule has 0 aromatic heterocycles. The van der Waals surface area contributed by atoms with E-state index in [1.165, 1.54) is 0 Å². The van der Waals surface area contributed by atoms with Crippen molar-refractivity contribution in [1.29, 1.82) is 0 Å². The largest absolute Gasteiger partial charge is 0.510 e. The number of carbonyl (C=O) groups excluding carboxylic acids is 1. The molecule has 1 unspecified atom stereocenters. The summed E-state index contributed by atoms with van der Waals surface area (Å²) in [6.45, 7) is -0.501. The number of benzene rings is 2. The topological polar surface area (TPSA) is 131 Å². The third-order valence-electron chi connectivity index (χ3n) is 5.47. The molecule has 0 spiro atoms. The van der Waals surface area contributed by atoms with Crippen LogP contribution in [0.4, 0.5) is 4.79 Å². The molecule has 5 atom stereocenters. The van der Waals surface area contributed by atoms with E-state index in [1.807, 2.05) is 48.5 Å². The van der Waals surface area contributed by atoms with Gasteiger partial charge in [0, 0.05) is 5.92 Å². The first-order valence-corrected chi connectivity index (χ1v) is 9.41. The standard InChI is InChI=1S/C21H23NO7/c22-17-19(25)18(24)16(9-23)28-20(17)29-21(26)27-10-15-13-7-3-1-5-11(13)12-6-2-4-8-14(12)15/h1-8,15-20,23-25H,9-10,22H2/t16-,17-,18-,19-,20?/m1/s1. The quantitative estimate of drug-likeness (QED) is 0.551. The number of aliphatic hydroxyl groups is 3. The average Bonchev–Trinajstić information content (AvgIpc) is 3.06. The van der Waals surface area contributed by atoms with Gasteiger partial charge < -0.3 is 35.3 Å². The zero-order valence-corrected chi connectivity index (χ0v) is 15.5. The van der Waals surface area contributed by atoms with Gasteiger partial charge >= 0.3 is 6.16 Å². The van der Waals surface area contributed by atoms with Crippen molar-refractivity contribution in [2.75, 3.05) is 13.2 Å². The van der Waals surface area contributed by atoms with Crippen LogP contribution in [0.5, 0.6) is 0 Å². The summed E-state index contributed by atoms with van der Waals surface area (Å²) in [5, 5.41) is 29.0. The highest BCUT2D eigenvalue weighted by Crippen LogP contribution is 2.44. The van der Waals surface area contributed by atoms with Crippen LogP contribution in [0, 0.1) is 0 Å². The lowest BCUT2D eigenvalue weighted by Gasteiger charge is -2.39. The van der Waals surface area contributed by atoms with Crippen LogP contribution in [-0.2, 0) is 14.2 Å². The van der Waals surface area contributed by atoms with Gasteiger partial charge in [-0.15, -0.1) is 0 Å². The van der Waals surface area contributed by atoms with Crippen molar-refractivity contribution in [3.63, 3.8) is 0 Å². The van der Waals surface area contributed by atoms with Crippen molar-refractivity contribution in [2.24, 2.45) is 5.73 Å². The summed E-state index contributed by atoms with van der Waals surface area (Å²) >= 11 is 0. The molecule has 29 heavy (non-hydrogen) atoms. The number of hydrogen-bond acceptors (Lipinski definition) is 8.